The van der Waals surface area contributed by atoms with E-state index in [9.17, 15) is 14.0 Å². The third kappa shape index (κ3) is 3.68. The van der Waals surface area contributed by atoms with E-state index in [4.69, 9.17) is 4.74 Å². The van der Waals surface area contributed by atoms with Crippen LogP contribution in [0.25, 0.3) is 5.69 Å². The van der Waals surface area contributed by atoms with E-state index in [1.54, 1.807) is 41.0 Å². The van der Waals surface area contributed by atoms with Crippen LogP contribution in [0.4, 0.5) is 20.6 Å². The third-order valence-electron chi connectivity index (χ3n) is 4.43. The van der Waals surface area contributed by atoms with Crippen molar-refractivity contribution in [1.82, 2.24) is 9.55 Å². The number of benzene rings is 2. The van der Waals surface area contributed by atoms with E-state index in [0.717, 1.165) is 0 Å². The van der Waals surface area contributed by atoms with Gasteiger partial charge < -0.3 is 10.1 Å². The van der Waals surface area contributed by atoms with Crippen molar-refractivity contribution in [3.8, 4) is 5.69 Å². The molecule has 1 fully saturated rings. The fourth-order valence-corrected chi connectivity index (χ4v) is 3.64. The first kappa shape index (κ1) is 19.0. The number of hydrogen-bond donors (Lipinski definition) is 1. The first-order valence-electron chi connectivity index (χ1n) is 8.81. The summed E-state index contributed by atoms with van der Waals surface area (Å²) in [6.07, 6.45) is 2.86. The number of nitrogens with zero attached hydrogens (tertiary/aromatic N) is 3. The summed E-state index contributed by atoms with van der Waals surface area (Å²) < 4.78 is 20.0. The number of amides is 2. The number of imidazole rings is 1. The molecule has 0 radical (unpaired) electrons. The number of para-hydroxylation sites is 2. The van der Waals surface area contributed by atoms with Crippen LogP contribution in [0.1, 0.15) is 10.5 Å². The zero-order valence-corrected chi connectivity index (χ0v) is 16.3. The second-order valence-electron chi connectivity index (χ2n) is 6.18. The van der Waals surface area contributed by atoms with Crippen LogP contribution in [-0.4, -0.2) is 41.0 Å². The lowest BCUT2D eigenvalue weighted by Gasteiger charge is -2.18. The molecule has 0 spiro atoms. The molecule has 9 heteroatoms. The highest BCUT2D eigenvalue weighted by molar-refractivity contribution is 7.98. The number of nitrogens with one attached hydrogen (secondary N) is 1. The fraction of sp³-hybridized carbons (Fsp3) is 0.150. The molecule has 1 aromatic heterocycles. The van der Waals surface area contributed by atoms with Crippen LogP contribution in [0, 0.1) is 5.82 Å². The second kappa shape index (κ2) is 7.96. The van der Waals surface area contributed by atoms with Crippen LogP contribution < -0.4 is 10.2 Å². The molecule has 1 saturated heterocycles. The van der Waals surface area contributed by atoms with Crippen molar-refractivity contribution in [2.24, 2.45) is 0 Å². The molecule has 1 N–H and O–H groups in total. The number of carbonyl (C=O) groups excluding carboxylic acids is 2. The molecule has 1 aliphatic heterocycles. The molecular weight excluding hydrogens is 395 g/mol. The number of ether oxygens (including phenoxy) is 1. The maximum atomic E-state index is 13.3. The molecule has 0 aliphatic carbocycles. The van der Waals surface area contributed by atoms with Crippen molar-refractivity contribution < 1.29 is 18.7 Å². The van der Waals surface area contributed by atoms with E-state index in [1.807, 2.05) is 6.26 Å². The van der Waals surface area contributed by atoms with Gasteiger partial charge in [0.1, 0.15) is 18.1 Å². The molecule has 2 aromatic carbocycles. The van der Waals surface area contributed by atoms with Gasteiger partial charge >= 0.3 is 6.09 Å². The van der Waals surface area contributed by atoms with E-state index >= 15 is 0 Å². The molecule has 29 heavy (non-hydrogen) atoms. The standard InChI is InChI=1S/C20H17FN4O3S/c1-29-19-22-12-17(25(19)14-8-6-13(21)7-9-14)18(26)23-15-4-2-3-5-16(15)24-10-11-28-20(24)27/h2-9,12H,10-11H2,1H3,(H,23,26). The van der Waals surface area contributed by atoms with Gasteiger partial charge in [0.2, 0.25) is 0 Å². The zero-order valence-electron chi connectivity index (χ0n) is 15.5. The Kier molecular flexibility index (Phi) is 5.22. The summed E-state index contributed by atoms with van der Waals surface area (Å²) in [5, 5.41) is 3.45. The summed E-state index contributed by atoms with van der Waals surface area (Å²) in [6.45, 7) is 0.714. The average Bonchev–Trinajstić information content (AvgIpc) is 3.35. The Morgan fingerprint density at radius 1 is 1.21 bits per heavy atom. The minimum atomic E-state index is -0.451. The van der Waals surface area contributed by atoms with Crippen LogP contribution in [-0.2, 0) is 4.74 Å². The number of aromatic nitrogens is 2. The lowest BCUT2D eigenvalue weighted by molar-refractivity contribution is 0.102. The lowest BCUT2D eigenvalue weighted by atomic mass is 10.2. The van der Waals surface area contributed by atoms with Crippen molar-refractivity contribution in [3.05, 3.63) is 66.2 Å². The number of halogens is 1. The quantitative estimate of drug-likeness (QED) is 0.643. The molecule has 2 heterocycles. The van der Waals surface area contributed by atoms with Gasteiger partial charge in [0.25, 0.3) is 5.91 Å². The van der Waals surface area contributed by atoms with E-state index < -0.39 is 12.0 Å². The van der Waals surface area contributed by atoms with Crippen molar-refractivity contribution in [3.63, 3.8) is 0 Å². The Labute approximate surface area is 170 Å². The molecule has 0 bridgehead atoms. The van der Waals surface area contributed by atoms with Crippen molar-refractivity contribution in [2.45, 2.75) is 5.16 Å². The second-order valence-corrected chi connectivity index (χ2v) is 6.95. The molecule has 4 rings (SSSR count). The normalized spacial score (nSPS) is 13.4. The lowest BCUT2D eigenvalue weighted by Crippen LogP contribution is -2.25. The fourth-order valence-electron chi connectivity index (χ4n) is 3.09. The molecule has 0 atom stereocenters. The Morgan fingerprint density at radius 2 is 1.97 bits per heavy atom. The predicted octanol–water partition coefficient (Wildman–Crippen LogP) is 3.94. The van der Waals surface area contributed by atoms with E-state index in [0.29, 0.717) is 41.1 Å². The third-order valence-corrected chi connectivity index (χ3v) is 5.09. The average molecular weight is 412 g/mol. The van der Waals surface area contributed by atoms with Crippen LogP contribution in [0.5, 0.6) is 0 Å². The number of rotatable bonds is 5. The summed E-state index contributed by atoms with van der Waals surface area (Å²) in [5.74, 6) is -0.765. The summed E-state index contributed by atoms with van der Waals surface area (Å²) in [7, 11) is 0. The number of cyclic esters (lactones) is 1. The Balaban J connectivity index is 1.68. The van der Waals surface area contributed by atoms with Crippen LogP contribution in [0.2, 0.25) is 0 Å². The highest BCUT2D eigenvalue weighted by atomic mass is 32.2. The minimum absolute atomic E-state index is 0.291. The monoisotopic (exact) mass is 412 g/mol. The smallest absolute Gasteiger partial charge is 0.414 e. The number of hydrogen-bond acceptors (Lipinski definition) is 5. The number of anilines is 2. The van der Waals surface area contributed by atoms with Gasteiger partial charge in [-0.25, -0.2) is 14.2 Å². The van der Waals surface area contributed by atoms with Gasteiger partial charge in [-0.1, -0.05) is 23.9 Å². The van der Waals surface area contributed by atoms with Crippen molar-refractivity contribution in [2.75, 3.05) is 29.6 Å². The molecule has 2 amide bonds. The van der Waals surface area contributed by atoms with Gasteiger partial charge in [-0.3, -0.25) is 14.3 Å². The molecule has 7 nitrogen and oxygen atoms in total. The molecule has 0 unspecified atom stereocenters. The Hall–Kier alpha value is -3.33. The predicted molar refractivity (Wildman–Crippen MR) is 108 cm³/mol. The van der Waals surface area contributed by atoms with Gasteiger partial charge in [-0.15, -0.1) is 0 Å². The Bertz CT molecular complexity index is 1070. The summed E-state index contributed by atoms with van der Waals surface area (Å²) in [4.78, 5) is 30.8. The summed E-state index contributed by atoms with van der Waals surface area (Å²) >= 11 is 1.37. The number of thioether (sulfide) groups is 1. The van der Waals surface area contributed by atoms with Gasteiger partial charge in [0.05, 0.1) is 24.1 Å². The maximum Gasteiger partial charge on any atom is 0.414 e. The molecular formula is C20H17FN4O3S. The summed E-state index contributed by atoms with van der Waals surface area (Å²) in [5.41, 5.74) is 1.95. The van der Waals surface area contributed by atoms with Gasteiger partial charge in [0.15, 0.2) is 5.16 Å². The minimum Gasteiger partial charge on any atom is -0.447 e. The Morgan fingerprint density at radius 3 is 2.66 bits per heavy atom. The van der Waals surface area contributed by atoms with E-state index in [1.165, 1.54) is 35.0 Å². The molecule has 1 aliphatic rings. The number of carbonyl (C=O) groups is 2. The first-order valence-corrected chi connectivity index (χ1v) is 10.0. The zero-order chi connectivity index (χ0) is 20.4. The molecule has 3 aromatic rings. The van der Waals surface area contributed by atoms with E-state index in [2.05, 4.69) is 10.3 Å². The van der Waals surface area contributed by atoms with Crippen molar-refractivity contribution in [1.29, 1.82) is 0 Å². The van der Waals surface area contributed by atoms with Gasteiger partial charge in [0, 0.05) is 5.69 Å². The van der Waals surface area contributed by atoms with E-state index in [-0.39, 0.29) is 5.82 Å². The van der Waals surface area contributed by atoms with Crippen molar-refractivity contribution >= 4 is 35.1 Å². The first-order chi connectivity index (χ1) is 14.1. The molecule has 148 valence electrons. The SMILES string of the molecule is CSc1ncc(C(=O)Nc2ccccc2N2CCOC2=O)n1-c1ccc(F)cc1. The summed E-state index contributed by atoms with van der Waals surface area (Å²) in [6, 6.07) is 12.8. The van der Waals surface area contributed by atoms with Crippen LogP contribution in [0.15, 0.2) is 59.9 Å². The topological polar surface area (TPSA) is 76.5 Å². The maximum absolute atomic E-state index is 13.3. The van der Waals surface area contributed by atoms with Gasteiger partial charge in [-0.2, -0.15) is 0 Å². The van der Waals surface area contributed by atoms with Crippen LogP contribution >= 0.6 is 11.8 Å². The largest absolute Gasteiger partial charge is 0.447 e. The molecule has 0 saturated carbocycles. The highest BCUT2D eigenvalue weighted by Gasteiger charge is 2.26. The van der Waals surface area contributed by atoms with Crippen LogP contribution in [0.3, 0.4) is 0 Å². The highest BCUT2D eigenvalue weighted by Crippen LogP contribution is 2.29. The van der Waals surface area contributed by atoms with Gasteiger partial charge in [-0.05, 0) is 42.7 Å².